The number of carbonyl (C=O) groups is 1. The summed E-state index contributed by atoms with van der Waals surface area (Å²) >= 11 is 2.85. The van der Waals surface area contributed by atoms with Gasteiger partial charge < -0.3 is 0 Å². The van der Waals surface area contributed by atoms with Crippen molar-refractivity contribution in [3.8, 4) is 0 Å². The van der Waals surface area contributed by atoms with Gasteiger partial charge in [0.1, 0.15) is 0 Å². The smallest absolute Gasteiger partial charge is 0.267 e. The van der Waals surface area contributed by atoms with E-state index in [0.29, 0.717) is 21.7 Å². The summed E-state index contributed by atoms with van der Waals surface area (Å²) in [5, 5.41) is 1.25. The number of hydrogen-bond donors (Lipinski definition) is 0. The van der Waals surface area contributed by atoms with Crippen LogP contribution in [0.3, 0.4) is 0 Å². The summed E-state index contributed by atoms with van der Waals surface area (Å²) in [5.74, 6) is -0.0846. The first-order valence-corrected chi connectivity index (χ1v) is 9.54. The van der Waals surface area contributed by atoms with Gasteiger partial charge in [-0.15, -0.1) is 6.58 Å². The Balaban J connectivity index is 1.70. The summed E-state index contributed by atoms with van der Waals surface area (Å²) in [6.07, 6.45) is 6.95. The fraction of sp³-hybridized carbons (Fsp3) is 0.0526. The zero-order valence-corrected chi connectivity index (χ0v) is 15.3. The molecule has 3 heterocycles. The van der Waals surface area contributed by atoms with E-state index >= 15 is 0 Å². The standard InChI is InChI=1S/C19H14N4OS2/c1-2-10-23-17(24)16(11-13-6-5-9-20-12-13)26-19(23)22-18-21-14-7-3-4-8-15(14)25-18/h2-9,11-12H,1,10H2/b16-11+,22-19-. The van der Waals surface area contributed by atoms with E-state index in [-0.39, 0.29) is 5.91 Å². The quantitative estimate of drug-likeness (QED) is 0.496. The number of aromatic nitrogens is 2. The second-order valence-corrected chi connectivity index (χ2v) is 7.48. The van der Waals surface area contributed by atoms with Crippen molar-refractivity contribution in [3.05, 3.63) is 71.9 Å². The summed E-state index contributed by atoms with van der Waals surface area (Å²) in [6, 6.07) is 11.6. The average molecular weight is 378 g/mol. The van der Waals surface area contributed by atoms with Gasteiger partial charge in [0.15, 0.2) is 5.17 Å². The van der Waals surface area contributed by atoms with Crippen molar-refractivity contribution in [2.24, 2.45) is 4.99 Å². The molecule has 26 heavy (non-hydrogen) atoms. The Hall–Kier alpha value is -2.77. The lowest BCUT2D eigenvalue weighted by atomic mass is 10.2. The molecule has 2 aromatic heterocycles. The predicted molar refractivity (Wildman–Crippen MR) is 108 cm³/mol. The first-order valence-electron chi connectivity index (χ1n) is 7.91. The van der Waals surface area contributed by atoms with Crippen molar-refractivity contribution in [1.29, 1.82) is 0 Å². The predicted octanol–water partition coefficient (Wildman–Crippen LogP) is 4.48. The van der Waals surface area contributed by atoms with Gasteiger partial charge in [-0.05, 0) is 41.6 Å². The minimum atomic E-state index is -0.0846. The molecular weight excluding hydrogens is 364 g/mol. The normalized spacial score (nSPS) is 17.5. The number of pyridine rings is 1. The van der Waals surface area contributed by atoms with Crippen LogP contribution < -0.4 is 0 Å². The largest absolute Gasteiger partial charge is 0.282 e. The summed E-state index contributed by atoms with van der Waals surface area (Å²) < 4.78 is 1.07. The molecule has 0 atom stereocenters. The number of hydrogen-bond acceptors (Lipinski definition) is 6. The van der Waals surface area contributed by atoms with E-state index in [0.717, 1.165) is 15.8 Å². The van der Waals surface area contributed by atoms with Gasteiger partial charge in [0.25, 0.3) is 5.91 Å². The Bertz CT molecular complexity index is 1010. The van der Waals surface area contributed by atoms with Gasteiger partial charge in [-0.25, -0.2) is 4.98 Å². The van der Waals surface area contributed by atoms with Crippen molar-refractivity contribution in [2.45, 2.75) is 0 Å². The number of amidine groups is 1. The maximum Gasteiger partial charge on any atom is 0.267 e. The van der Waals surface area contributed by atoms with Gasteiger partial charge in [0.2, 0.25) is 5.13 Å². The molecule has 128 valence electrons. The first-order chi connectivity index (χ1) is 12.7. The van der Waals surface area contributed by atoms with E-state index in [4.69, 9.17) is 0 Å². The number of thiazole rings is 1. The molecule has 0 bridgehead atoms. The SMILES string of the molecule is C=CCN1C(=O)/C(=C\c2cccnc2)S/C1=N\c1nc2ccccc2s1. The second-order valence-electron chi connectivity index (χ2n) is 5.46. The summed E-state index contributed by atoms with van der Waals surface area (Å²) in [5.41, 5.74) is 1.79. The van der Waals surface area contributed by atoms with Crippen LogP contribution in [0.5, 0.6) is 0 Å². The highest BCUT2D eigenvalue weighted by atomic mass is 32.2. The first kappa shape index (κ1) is 16.7. The average Bonchev–Trinajstić information content (AvgIpc) is 3.19. The summed E-state index contributed by atoms with van der Waals surface area (Å²) in [7, 11) is 0. The van der Waals surface area contributed by atoms with Crippen LogP contribution in [0.4, 0.5) is 5.13 Å². The van der Waals surface area contributed by atoms with E-state index < -0.39 is 0 Å². The molecule has 1 amide bonds. The third-order valence-corrected chi connectivity index (χ3v) is 5.59. The molecular formula is C19H14N4OS2. The number of para-hydroxylation sites is 1. The monoisotopic (exact) mass is 378 g/mol. The molecule has 1 saturated heterocycles. The lowest BCUT2D eigenvalue weighted by Crippen LogP contribution is -2.29. The zero-order valence-electron chi connectivity index (χ0n) is 13.7. The molecule has 1 aliphatic heterocycles. The van der Waals surface area contributed by atoms with Gasteiger partial charge in [0, 0.05) is 18.9 Å². The Labute approximate surface area is 158 Å². The Morgan fingerprint density at radius 3 is 2.88 bits per heavy atom. The summed E-state index contributed by atoms with van der Waals surface area (Å²) in [6.45, 7) is 4.15. The zero-order chi connectivity index (χ0) is 17.9. The van der Waals surface area contributed by atoms with E-state index in [1.54, 1.807) is 23.4 Å². The molecule has 5 nitrogen and oxygen atoms in total. The van der Waals surface area contributed by atoms with Crippen LogP contribution in [-0.4, -0.2) is 32.5 Å². The number of amides is 1. The fourth-order valence-electron chi connectivity index (χ4n) is 2.48. The molecule has 1 fully saturated rings. The van der Waals surface area contributed by atoms with Crippen molar-refractivity contribution in [2.75, 3.05) is 6.54 Å². The third kappa shape index (κ3) is 3.31. The Kier molecular flexibility index (Phi) is 4.64. The molecule has 0 spiro atoms. The molecule has 0 radical (unpaired) electrons. The van der Waals surface area contributed by atoms with E-state index in [1.165, 1.54) is 23.1 Å². The van der Waals surface area contributed by atoms with Crippen LogP contribution in [0.1, 0.15) is 5.56 Å². The number of nitrogens with zero attached hydrogens (tertiary/aromatic N) is 4. The van der Waals surface area contributed by atoms with Crippen molar-refractivity contribution in [3.63, 3.8) is 0 Å². The summed E-state index contributed by atoms with van der Waals surface area (Å²) in [4.78, 5) is 28.2. The van der Waals surface area contributed by atoms with Gasteiger partial charge in [-0.3, -0.25) is 14.7 Å². The van der Waals surface area contributed by atoms with E-state index in [1.807, 2.05) is 42.5 Å². The number of aliphatic imine (C=N–C) groups is 1. The number of benzene rings is 1. The number of thioether (sulfide) groups is 1. The molecule has 0 aliphatic carbocycles. The van der Waals surface area contributed by atoms with Crippen molar-refractivity contribution < 1.29 is 4.79 Å². The fourth-order valence-corrected chi connectivity index (χ4v) is 4.37. The van der Waals surface area contributed by atoms with Crippen LogP contribution in [0.2, 0.25) is 0 Å². The molecule has 7 heteroatoms. The molecule has 1 aliphatic rings. The van der Waals surface area contributed by atoms with Crippen LogP contribution in [0.25, 0.3) is 16.3 Å². The van der Waals surface area contributed by atoms with Crippen LogP contribution >= 0.6 is 23.1 Å². The van der Waals surface area contributed by atoms with Gasteiger partial charge in [-0.2, -0.15) is 4.99 Å². The molecule has 3 aromatic rings. The lowest BCUT2D eigenvalue weighted by Gasteiger charge is -2.11. The molecule has 1 aromatic carbocycles. The number of fused-ring (bicyclic) bond motifs is 1. The maximum atomic E-state index is 12.7. The minimum Gasteiger partial charge on any atom is -0.282 e. The maximum absolute atomic E-state index is 12.7. The highest BCUT2D eigenvalue weighted by Gasteiger charge is 2.32. The van der Waals surface area contributed by atoms with E-state index in [9.17, 15) is 4.79 Å². The highest BCUT2D eigenvalue weighted by molar-refractivity contribution is 8.18. The highest BCUT2D eigenvalue weighted by Crippen LogP contribution is 2.35. The van der Waals surface area contributed by atoms with Crippen molar-refractivity contribution >= 4 is 55.6 Å². The molecule has 0 unspecified atom stereocenters. The number of rotatable bonds is 4. The van der Waals surface area contributed by atoms with Crippen LogP contribution in [-0.2, 0) is 4.79 Å². The van der Waals surface area contributed by atoms with Crippen molar-refractivity contribution in [1.82, 2.24) is 14.9 Å². The Morgan fingerprint density at radius 1 is 1.23 bits per heavy atom. The molecule has 0 saturated carbocycles. The molecule has 4 rings (SSSR count). The minimum absolute atomic E-state index is 0.0846. The third-order valence-electron chi connectivity index (χ3n) is 3.66. The Morgan fingerprint density at radius 2 is 2.12 bits per heavy atom. The van der Waals surface area contributed by atoms with Crippen LogP contribution in [0.15, 0.2) is 71.3 Å². The van der Waals surface area contributed by atoms with Gasteiger partial charge in [0.05, 0.1) is 15.1 Å². The van der Waals surface area contributed by atoms with Gasteiger partial charge in [-0.1, -0.05) is 35.6 Å². The topological polar surface area (TPSA) is 58.5 Å². The van der Waals surface area contributed by atoms with Gasteiger partial charge >= 0.3 is 0 Å². The van der Waals surface area contributed by atoms with E-state index in [2.05, 4.69) is 21.5 Å². The number of carbonyl (C=O) groups excluding carboxylic acids is 1. The lowest BCUT2D eigenvalue weighted by molar-refractivity contribution is -0.121. The molecule has 0 N–H and O–H groups in total. The van der Waals surface area contributed by atoms with Crippen LogP contribution in [0, 0.1) is 0 Å². The second kappa shape index (κ2) is 7.23.